The summed E-state index contributed by atoms with van der Waals surface area (Å²) in [5.74, 6) is 0.426. The molecule has 0 unspecified atom stereocenters. The van der Waals surface area contributed by atoms with Gasteiger partial charge in [-0.25, -0.2) is 0 Å². The Balaban J connectivity index is 2.21. The number of amides is 1. The lowest BCUT2D eigenvalue weighted by Crippen LogP contribution is -2.17. The second-order valence-electron chi connectivity index (χ2n) is 4.23. The topological polar surface area (TPSA) is 88.7 Å². The third kappa shape index (κ3) is 2.37. The summed E-state index contributed by atoms with van der Waals surface area (Å²) in [6.07, 6.45) is 4.38. The van der Waals surface area contributed by atoms with Crippen LogP contribution in [0.5, 0.6) is 0 Å². The molecule has 0 radical (unpaired) electrons. The van der Waals surface area contributed by atoms with Crippen molar-refractivity contribution in [2.24, 2.45) is 0 Å². The van der Waals surface area contributed by atoms with Crippen molar-refractivity contribution in [3.8, 4) is 0 Å². The van der Waals surface area contributed by atoms with Crippen LogP contribution in [-0.2, 0) is 6.54 Å². The van der Waals surface area contributed by atoms with E-state index in [1.165, 1.54) is 0 Å². The Morgan fingerprint density at radius 3 is 3.00 bits per heavy atom. The SMILES string of the molecule is CCCn1cc(N)cc1C(=O)Nc1[nH]ncc1C. The van der Waals surface area contributed by atoms with Crippen molar-refractivity contribution in [3.05, 3.63) is 29.7 Å². The van der Waals surface area contributed by atoms with E-state index in [0.717, 1.165) is 18.5 Å². The molecule has 0 atom stereocenters. The molecule has 0 aliphatic heterocycles. The Morgan fingerprint density at radius 2 is 2.39 bits per heavy atom. The van der Waals surface area contributed by atoms with Gasteiger partial charge in [0.2, 0.25) is 0 Å². The van der Waals surface area contributed by atoms with Crippen molar-refractivity contribution in [3.63, 3.8) is 0 Å². The molecule has 0 bridgehead atoms. The normalized spacial score (nSPS) is 10.6. The minimum Gasteiger partial charge on any atom is -0.397 e. The number of aryl methyl sites for hydroxylation is 2. The summed E-state index contributed by atoms with van der Waals surface area (Å²) < 4.78 is 1.86. The first kappa shape index (κ1) is 12.2. The quantitative estimate of drug-likeness (QED) is 0.769. The largest absolute Gasteiger partial charge is 0.397 e. The molecule has 4 N–H and O–H groups in total. The maximum Gasteiger partial charge on any atom is 0.273 e. The van der Waals surface area contributed by atoms with E-state index in [9.17, 15) is 4.79 Å². The second-order valence-corrected chi connectivity index (χ2v) is 4.23. The molecule has 0 aromatic carbocycles. The minimum atomic E-state index is -0.187. The number of rotatable bonds is 4. The number of nitrogens with two attached hydrogens (primary N) is 1. The van der Waals surface area contributed by atoms with Crippen LogP contribution in [0.25, 0.3) is 0 Å². The van der Waals surface area contributed by atoms with Gasteiger partial charge in [-0.3, -0.25) is 9.89 Å². The summed E-state index contributed by atoms with van der Waals surface area (Å²) in [4.78, 5) is 12.1. The maximum absolute atomic E-state index is 12.1. The van der Waals surface area contributed by atoms with Crippen molar-refractivity contribution in [2.45, 2.75) is 26.8 Å². The molecule has 0 fully saturated rings. The first-order valence-electron chi connectivity index (χ1n) is 5.88. The predicted molar refractivity (Wildman–Crippen MR) is 70.4 cm³/mol. The van der Waals surface area contributed by atoms with Crippen molar-refractivity contribution in [2.75, 3.05) is 11.1 Å². The van der Waals surface area contributed by atoms with Crippen molar-refractivity contribution in [1.29, 1.82) is 0 Å². The van der Waals surface area contributed by atoms with E-state index < -0.39 is 0 Å². The molecular formula is C12H17N5O. The number of H-pyrrole nitrogens is 1. The van der Waals surface area contributed by atoms with Crippen LogP contribution in [0.2, 0.25) is 0 Å². The molecule has 6 heteroatoms. The average Bonchev–Trinajstić information content (AvgIpc) is 2.87. The fourth-order valence-electron chi connectivity index (χ4n) is 1.80. The zero-order chi connectivity index (χ0) is 13.1. The highest BCUT2D eigenvalue weighted by atomic mass is 16.2. The van der Waals surface area contributed by atoms with E-state index in [0.29, 0.717) is 17.2 Å². The van der Waals surface area contributed by atoms with Crippen molar-refractivity contribution in [1.82, 2.24) is 14.8 Å². The summed E-state index contributed by atoms with van der Waals surface area (Å²) in [7, 11) is 0. The van der Waals surface area contributed by atoms with Crippen LogP contribution in [0.15, 0.2) is 18.5 Å². The first-order valence-corrected chi connectivity index (χ1v) is 5.88. The maximum atomic E-state index is 12.1. The molecule has 0 aliphatic rings. The van der Waals surface area contributed by atoms with Gasteiger partial charge in [0.1, 0.15) is 11.5 Å². The standard InChI is InChI=1S/C12H17N5O/c1-3-4-17-7-9(13)5-10(17)12(18)15-11-8(2)6-14-16-11/h5-7H,3-4,13H2,1-2H3,(H2,14,15,16,18). The van der Waals surface area contributed by atoms with Gasteiger partial charge in [-0.2, -0.15) is 5.10 Å². The fraction of sp³-hybridized carbons (Fsp3) is 0.333. The van der Waals surface area contributed by atoms with Crippen LogP contribution in [0.4, 0.5) is 11.5 Å². The van der Waals surface area contributed by atoms with Gasteiger partial charge < -0.3 is 15.6 Å². The van der Waals surface area contributed by atoms with Crippen molar-refractivity contribution >= 4 is 17.4 Å². The molecule has 2 aromatic heterocycles. The monoisotopic (exact) mass is 247 g/mol. The summed E-state index contributed by atoms with van der Waals surface area (Å²) >= 11 is 0. The van der Waals surface area contributed by atoms with Crippen LogP contribution in [0, 0.1) is 6.92 Å². The van der Waals surface area contributed by atoms with Gasteiger partial charge in [0.25, 0.3) is 5.91 Å². The molecule has 0 saturated heterocycles. The molecule has 6 nitrogen and oxygen atoms in total. The van der Waals surface area contributed by atoms with Gasteiger partial charge in [0.15, 0.2) is 0 Å². The molecule has 2 aromatic rings. The minimum absolute atomic E-state index is 0.187. The summed E-state index contributed by atoms with van der Waals surface area (Å²) in [6.45, 7) is 4.69. The number of aromatic amines is 1. The number of nitrogens with zero attached hydrogens (tertiary/aromatic N) is 2. The molecule has 0 aliphatic carbocycles. The first-order chi connectivity index (χ1) is 8.61. The van der Waals surface area contributed by atoms with Gasteiger partial charge in [0, 0.05) is 18.3 Å². The van der Waals surface area contributed by atoms with Crippen LogP contribution >= 0.6 is 0 Å². The van der Waals surface area contributed by atoms with Gasteiger partial charge in [0.05, 0.1) is 11.9 Å². The number of carbonyl (C=O) groups excluding carboxylic acids is 1. The summed E-state index contributed by atoms with van der Waals surface area (Å²) in [6, 6.07) is 1.68. The third-order valence-corrected chi connectivity index (χ3v) is 2.68. The molecule has 2 rings (SSSR count). The molecule has 0 saturated carbocycles. The molecule has 96 valence electrons. The number of nitrogen functional groups attached to an aromatic ring is 1. The van der Waals surface area contributed by atoms with E-state index in [2.05, 4.69) is 22.4 Å². The van der Waals surface area contributed by atoms with Gasteiger partial charge in [-0.1, -0.05) is 6.92 Å². The zero-order valence-electron chi connectivity index (χ0n) is 10.5. The Morgan fingerprint density at radius 1 is 1.61 bits per heavy atom. The summed E-state index contributed by atoms with van der Waals surface area (Å²) in [5.41, 5.74) is 7.77. The Hall–Kier alpha value is -2.24. The van der Waals surface area contributed by atoms with E-state index >= 15 is 0 Å². The zero-order valence-corrected chi connectivity index (χ0v) is 10.5. The molecule has 0 spiro atoms. The number of hydrogen-bond acceptors (Lipinski definition) is 3. The van der Waals surface area contributed by atoms with Crippen LogP contribution in [0.3, 0.4) is 0 Å². The highest BCUT2D eigenvalue weighted by Gasteiger charge is 2.14. The van der Waals surface area contributed by atoms with E-state index in [1.807, 2.05) is 11.5 Å². The highest BCUT2D eigenvalue weighted by molar-refractivity contribution is 6.03. The number of carbonyl (C=O) groups is 1. The lowest BCUT2D eigenvalue weighted by molar-refractivity contribution is 0.101. The summed E-state index contributed by atoms with van der Waals surface area (Å²) in [5, 5.41) is 9.39. The van der Waals surface area contributed by atoms with Gasteiger partial charge >= 0.3 is 0 Å². The smallest absolute Gasteiger partial charge is 0.273 e. The number of anilines is 2. The lowest BCUT2D eigenvalue weighted by atomic mass is 10.3. The fourth-order valence-corrected chi connectivity index (χ4v) is 1.80. The van der Waals surface area contributed by atoms with E-state index in [4.69, 9.17) is 5.73 Å². The lowest BCUT2D eigenvalue weighted by Gasteiger charge is -2.07. The Bertz CT molecular complexity index is 555. The Labute approximate surface area is 105 Å². The molecule has 1 amide bonds. The average molecular weight is 247 g/mol. The van der Waals surface area contributed by atoms with Gasteiger partial charge in [-0.15, -0.1) is 0 Å². The molecule has 18 heavy (non-hydrogen) atoms. The number of nitrogens with one attached hydrogen (secondary N) is 2. The van der Waals surface area contributed by atoms with Crippen LogP contribution < -0.4 is 11.1 Å². The molecule has 2 heterocycles. The third-order valence-electron chi connectivity index (χ3n) is 2.68. The van der Waals surface area contributed by atoms with Gasteiger partial charge in [-0.05, 0) is 19.4 Å². The highest BCUT2D eigenvalue weighted by Crippen LogP contribution is 2.15. The van der Waals surface area contributed by atoms with E-state index in [1.54, 1.807) is 18.5 Å². The number of aromatic nitrogens is 3. The van der Waals surface area contributed by atoms with Crippen LogP contribution in [-0.4, -0.2) is 20.7 Å². The number of hydrogen-bond donors (Lipinski definition) is 3. The van der Waals surface area contributed by atoms with Crippen LogP contribution in [0.1, 0.15) is 29.4 Å². The van der Waals surface area contributed by atoms with Crippen molar-refractivity contribution < 1.29 is 4.79 Å². The second kappa shape index (κ2) is 4.95. The molecular weight excluding hydrogens is 230 g/mol. The Kier molecular flexibility index (Phi) is 3.36. The van der Waals surface area contributed by atoms with E-state index in [-0.39, 0.29) is 5.91 Å². The predicted octanol–water partition coefficient (Wildman–Crippen LogP) is 1.76.